The summed E-state index contributed by atoms with van der Waals surface area (Å²) in [6.45, 7) is 14.2. The van der Waals surface area contributed by atoms with Gasteiger partial charge in [0.25, 0.3) is 0 Å². The van der Waals surface area contributed by atoms with E-state index in [1.807, 2.05) is 0 Å². The predicted molar refractivity (Wildman–Crippen MR) is 132 cm³/mol. The van der Waals surface area contributed by atoms with Gasteiger partial charge in [-0.05, 0) is 37.0 Å². The number of ether oxygens (including phenoxy) is 1. The van der Waals surface area contributed by atoms with E-state index in [0.717, 1.165) is 56.3 Å². The van der Waals surface area contributed by atoms with Crippen molar-refractivity contribution < 1.29 is 9.53 Å². The summed E-state index contributed by atoms with van der Waals surface area (Å²) in [6.07, 6.45) is 15.9. The van der Waals surface area contributed by atoms with Crippen molar-refractivity contribution in [3.05, 3.63) is 0 Å². The molecule has 0 aromatic carbocycles. The lowest BCUT2D eigenvalue weighted by Crippen LogP contribution is -2.35. The zero-order valence-electron chi connectivity index (χ0n) is 20.6. The molecule has 3 heteroatoms. The molecule has 0 unspecified atom stereocenters. The van der Waals surface area contributed by atoms with Gasteiger partial charge in [0.1, 0.15) is 4.75 Å². The van der Waals surface area contributed by atoms with Gasteiger partial charge in [-0.15, -0.1) is 0 Å². The number of carbonyl (C=O) groups is 1. The van der Waals surface area contributed by atoms with Crippen molar-refractivity contribution in [3.8, 4) is 0 Å². The van der Waals surface area contributed by atoms with E-state index in [2.05, 4.69) is 41.5 Å². The number of esters is 1. The first-order chi connectivity index (χ1) is 13.7. The molecule has 0 fully saturated rings. The van der Waals surface area contributed by atoms with Gasteiger partial charge >= 0.3 is 5.97 Å². The van der Waals surface area contributed by atoms with Crippen molar-refractivity contribution in [1.29, 1.82) is 0 Å². The summed E-state index contributed by atoms with van der Waals surface area (Å²) < 4.78 is 5.10. The minimum atomic E-state index is -0.590. The highest BCUT2D eigenvalue weighted by Crippen LogP contribution is 2.31. The minimum absolute atomic E-state index is 0.0718. The van der Waals surface area contributed by atoms with Crippen molar-refractivity contribution in [2.45, 2.75) is 136 Å². The van der Waals surface area contributed by atoms with E-state index in [0.29, 0.717) is 6.61 Å². The maximum Gasteiger partial charge on any atom is 0.321 e. The summed E-state index contributed by atoms with van der Waals surface area (Å²) in [4.78, 5) is 12.9. The number of hydrogen-bond acceptors (Lipinski definition) is 3. The Morgan fingerprint density at radius 2 is 1.03 bits per heavy atom. The molecule has 0 heterocycles. The molecule has 0 atom stereocenters. The van der Waals surface area contributed by atoms with Gasteiger partial charge in [-0.25, -0.2) is 0 Å². The Hall–Kier alpha value is -0.180. The Labute approximate surface area is 188 Å². The van der Waals surface area contributed by atoms with Crippen LogP contribution >= 0.6 is 12.6 Å². The molecule has 0 amide bonds. The van der Waals surface area contributed by atoms with Crippen LogP contribution in [0.3, 0.4) is 0 Å². The zero-order valence-corrected chi connectivity index (χ0v) is 21.5. The second-order valence-electron chi connectivity index (χ2n) is 10.4. The molecule has 0 spiro atoms. The van der Waals surface area contributed by atoms with Crippen LogP contribution in [0.15, 0.2) is 0 Å². The number of rotatable bonds is 19. The van der Waals surface area contributed by atoms with Crippen LogP contribution in [0.5, 0.6) is 0 Å². The first kappa shape index (κ1) is 28.8. The van der Waals surface area contributed by atoms with Crippen LogP contribution in [-0.2, 0) is 9.53 Å². The molecule has 0 aliphatic rings. The normalized spacial score (nSPS) is 12.3. The van der Waals surface area contributed by atoms with Gasteiger partial charge in [0, 0.05) is 0 Å². The average Bonchev–Trinajstić information content (AvgIpc) is 2.63. The first-order valence-electron chi connectivity index (χ1n) is 12.6. The fourth-order valence-electron chi connectivity index (χ4n) is 3.75. The number of hydrogen-bond donors (Lipinski definition) is 1. The quantitative estimate of drug-likeness (QED) is 0.127. The van der Waals surface area contributed by atoms with Crippen LogP contribution in [-0.4, -0.2) is 17.3 Å². The van der Waals surface area contributed by atoms with Crippen LogP contribution in [0.2, 0.25) is 0 Å². The third kappa shape index (κ3) is 17.2. The van der Waals surface area contributed by atoms with E-state index in [-0.39, 0.29) is 5.97 Å². The average molecular weight is 429 g/mol. The highest BCUT2D eigenvalue weighted by atomic mass is 32.1. The molecule has 0 aromatic rings. The fraction of sp³-hybridized carbons (Fsp3) is 0.962. The Morgan fingerprint density at radius 3 is 1.41 bits per heavy atom. The number of carbonyl (C=O) groups excluding carboxylic acids is 1. The number of unbranched alkanes of at least 4 members (excludes halogenated alkanes) is 6. The van der Waals surface area contributed by atoms with E-state index in [1.54, 1.807) is 0 Å². The molecule has 0 aromatic heterocycles. The Kier molecular flexibility index (Phi) is 17.4. The summed E-state index contributed by atoms with van der Waals surface area (Å²) in [5.74, 6) is 2.21. The van der Waals surface area contributed by atoms with Gasteiger partial charge in [0.15, 0.2) is 0 Å². The van der Waals surface area contributed by atoms with Gasteiger partial charge in [0.2, 0.25) is 0 Å². The lowest BCUT2D eigenvalue weighted by Gasteiger charge is -2.27. The van der Waals surface area contributed by atoms with E-state index >= 15 is 0 Å². The largest absolute Gasteiger partial charge is 0.465 e. The molecule has 0 rings (SSSR count). The molecule has 2 nitrogen and oxygen atoms in total. The zero-order chi connectivity index (χ0) is 22.1. The second-order valence-corrected chi connectivity index (χ2v) is 11.3. The van der Waals surface area contributed by atoms with E-state index in [1.165, 1.54) is 51.4 Å². The molecule has 0 bridgehead atoms. The molecular formula is C26H52O2S. The number of thiol groups is 1. The van der Waals surface area contributed by atoms with Crippen LogP contribution in [0.4, 0.5) is 0 Å². The fourth-order valence-corrected chi connectivity index (χ4v) is 4.13. The predicted octanol–water partition coefficient (Wildman–Crippen LogP) is 8.63. The summed E-state index contributed by atoms with van der Waals surface area (Å²) in [7, 11) is 0. The Bertz CT molecular complexity index is 372. The Morgan fingerprint density at radius 1 is 0.655 bits per heavy atom. The molecule has 174 valence electrons. The molecule has 0 N–H and O–H groups in total. The summed E-state index contributed by atoms with van der Waals surface area (Å²) in [6, 6.07) is 0. The van der Waals surface area contributed by atoms with Crippen molar-refractivity contribution >= 4 is 18.6 Å². The molecule has 0 saturated heterocycles. The minimum Gasteiger partial charge on any atom is -0.465 e. The molecule has 0 saturated carbocycles. The Balaban J connectivity index is 4.36. The lowest BCUT2D eigenvalue weighted by atomic mass is 9.92. The van der Waals surface area contributed by atoms with Crippen LogP contribution in [0, 0.1) is 17.8 Å². The molecule has 0 radical (unpaired) electrons. The summed E-state index contributed by atoms with van der Waals surface area (Å²) in [5, 5.41) is 0. The van der Waals surface area contributed by atoms with Crippen molar-refractivity contribution in [2.24, 2.45) is 17.8 Å². The van der Waals surface area contributed by atoms with Gasteiger partial charge in [0.05, 0.1) is 6.61 Å². The van der Waals surface area contributed by atoms with E-state index in [9.17, 15) is 4.79 Å². The van der Waals surface area contributed by atoms with Gasteiger partial charge in [-0.3, -0.25) is 4.79 Å². The van der Waals surface area contributed by atoms with Gasteiger partial charge in [-0.1, -0.05) is 112 Å². The third-order valence-electron chi connectivity index (χ3n) is 5.78. The highest BCUT2D eigenvalue weighted by Gasteiger charge is 2.35. The molecule has 0 aliphatic heterocycles. The van der Waals surface area contributed by atoms with Crippen molar-refractivity contribution in [1.82, 2.24) is 0 Å². The lowest BCUT2D eigenvalue weighted by molar-refractivity contribution is -0.147. The second kappa shape index (κ2) is 17.5. The SMILES string of the molecule is CC(C)CCCCCOC(=O)C(S)(CCCCCC(C)C)CCCCCC(C)C. The highest BCUT2D eigenvalue weighted by molar-refractivity contribution is 7.82. The van der Waals surface area contributed by atoms with Crippen LogP contribution < -0.4 is 0 Å². The molecular weight excluding hydrogens is 376 g/mol. The third-order valence-corrected chi connectivity index (χ3v) is 6.41. The maximum absolute atomic E-state index is 12.9. The van der Waals surface area contributed by atoms with Gasteiger partial charge in [-0.2, -0.15) is 12.6 Å². The smallest absolute Gasteiger partial charge is 0.321 e. The topological polar surface area (TPSA) is 26.3 Å². The standard InChI is InChI=1S/C26H52O2S/c1-22(2)16-10-7-13-19-26(29,20-14-8-11-17-23(3)4)25(27)28-21-15-9-12-18-24(5)6/h22-24,29H,7-21H2,1-6H3. The van der Waals surface area contributed by atoms with E-state index < -0.39 is 4.75 Å². The van der Waals surface area contributed by atoms with E-state index in [4.69, 9.17) is 17.4 Å². The van der Waals surface area contributed by atoms with Crippen molar-refractivity contribution in [2.75, 3.05) is 6.61 Å². The summed E-state index contributed by atoms with van der Waals surface area (Å²) in [5.41, 5.74) is 0. The monoisotopic (exact) mass is 428 g/mol. The molecule has 0 aliphatic carbocycles. The van der Waals surface area contributed by atoms with Crippen molar-refractivity contribution in [3.63, 3.8) is 0 Å². The van der Waals surface area contributed by atoms with Crippen LogP contribution in [0.25, 0.3) is 0 Å². The first-order valence-corrected chi connectivity index (χ1v) is 13.0. The molecule has 29 heavy (non-hydrogen) atoms. The summed E-state index contributed by atoms with van der Waals surface area (Å²) >= 11 is 4.89. The van der Waals surface area contributed by atoms with Gasteiger partial charge < -0.3 is 4.74 Å². The maximum atomic E-state index is 12.9. The van der Waals surface area contributed by atoms with Crippen LogP contribution in [0.1, 0.15) is 131 Å².